The predicted molar refractivity (Wildman–Crippen MR) is 52.4 cm³/mol. The molecule has 12 heavy (non-hydrogen) atoms. The van der Waals surface area contributed by atoms with Gasteiger partial charge >= 0.3 is 0 Å². The Morgan fingerprint density at radius 2 is 2.50 bits per heavy atom. The molecule has 0 atom stereocenters. The predicted octanol–water partition coefficient (Wildman–Crippen LogP) is 1.67. The van der Waals surface area contributed by atoms with Crippen LogP contribution < -0.4 is 5.32 Å². The Kier molecular flexibility index (Phi) is 4.29. The van der Waals surface area contributed by atoms with Crippen molar-refractivity contribution in [3.05, 3.63) is 28.8 Å². The summed E-state index contributed by atoms with van der Waals surface area (Å²) in [5, 5.41) is 5.34. The highest BCUT2D eigenvalue weighted by molar-refractivity contribution is 7.10. The molecule has 0 bridgehead atoms. The van der Waals surface area contributed by atoms with E-state index in [1.54, 1.807) is 18.4 Å². The fourth-order valence-corrected chi connectivity index (χ4v) is 1.68. The molecule has 0 fully saturated rings. The molecule has 67 valence electrons. The van der Waals surface area contributed by atoms with Gasteiger partial charge in [0.05, 0.1) is 6.61 Å². The van der Waals surface area contributed by atoms with Crippen molar-refractivity contribution in [2.24, 2.45) is 0 Å². The minimum Gasteiger partial charge on any atom is -0.383 e. The molecular weight excluding hydrogens is 170 g/mol. The lowest BCUT2D eigenvalue weighted by Gasteiger charge is -2.00. The molecule has 1 rings (SSSR count). The zero-order valence-electron chi connectivity index (χ0n) is 7.30. The minimum atomic E-state index is 0.766. The molecule has 0 aromatic carbocycles. The maximum Gasteiger partial charge on any atom is 0.0587 e. The fraction of sp³-hybridized carbons (Fsp3) is 0.444. The molecule has 1 aromatic rings. The lowest BCUT2D eigenvalue weighted by molar-refractivity contribution is 0.199. The van der Waals surface area contributed by atoms with Crippen LogP contribution in [0.1, 0.15) is 10.4 Å². The number of hydrogen-bond acceptors (Lipinski definition) is 3. The summed E-state index contributed by atoms with van der Waals surface area (Å²) in [7, 11) is 1.71. The van der Waals surface area contributed by atoms with E-state index in [4.69, 9.17) is 4.74 Å². The highest BCUT2D eigenvalue weighted by atomic mass is 32.1. The molecule has 0 saturated heterocycles. The summed E-state index contributed by atoms with van der Waals surface area (Å²) < 4.78 is 4.91. The third kappa shape index (κ3) is 3.34. The van der Waals surface area contributed by atoms with Gasteiger partial charge in [0.15, 0.2) is 0 Å². The molecule has 1 N–H and O–H groups in total. The van der Waals surface area contributed by atoms with E-state index in [9.17, 15) is 0 Å². The average molecular weight is 184 g/mol. The van der Waals surface area contributed by atoms with E-state index in [0.29, 0.717) is 0 Å². The molecule has 0 aliphatic carbocycles. The van der Waals surface area contributed by atoms with Gasteiger partial charge in [0.25, 0.3) is 0 Å². The zero-order valence-corrected chi connectivity index (χ0v) is 8.12. The normalized spacial score (nSPS) is 10.5. The molecule has 3 heteroatoms. The molecule has 0 saturated carbocycles. The Bertz CT molecular complexity index is 222. The van der Waals surface area contributed by atoms with Crippen molar-refractivity contribution in [3.8, 4) is 0 Å². The number of rotatable bonds is 5. The summed E-state index contributed by atoms with van der Waals surface area (Å²) in [5.41, 5.74) is 1.10. The van der Waals surface area contributed by atoms with E-state index < -0.39 is 0 Å². The highest BCUT2D eigenvalue weighted by Crippen LogP contribution is 2.12. The number of ether oxygens (including phenoxy) is 1. The maximum absolute atomic E-state index is 4.91. The van der Waals surface area contributed by atoms with Crippen molar-refractivity contribution in [1.82, 2.24) is 5.32 Å². The van der Waals surface area contributed by atoms with Crippen LogP contribution in [0.2, 0.25) is 0 Å². The van der Waals surface area contributed by atoms with Crippen LogP contribution in [0.3, 0.4) is 0 Å². The molecule has 0 unspecified atom stereocenters. The van der Waals surface area contributed by atoms with E-state index in [2.05, 4.69) is 23.7 Å². The Balaban J connectivity index is 2.15. The van der Waals surface area contributed by atoms with Gasteiger partial charge in [-0.3, -0.25) is 0 Å². The van der Waals surface area contributed by atoms with Crippen molar-refractivity contribution in [2.45, 2.75) is 6.54 Å². The van der Waals surface area contributed by atoms with Crippen LogP contribution in [0, 0.1) is 6.92 Å². The zero-order chi connectivity index (χ0) is 8.81. The lowest BCUT2D eigenvalue weighted by Crippen LogP contribution is -2.17. The van der Waals surface area contributed by atoms with E-state index in [-0.39, 0.29) is 0 Å². The molecule has 1 aromatic heterocycles. The first-order valence-corrected chi connectivity index (χ1v) is 4.80. The van der Waals surface area contributed by atoms with Gasteiger partial charge in [-0.1, -0.05) is 0 Å². The largest absolute Gasteiger partial charge is 0.383 e. The van der Waals surface area contributed by atoms with E-state index >= 15 is 0 Å². The van der Waals surface area contributed by atoms with Crippen LogP contribution in [-0.2, 0) is 11.3 Å². The number of nitrogens with one attached hydrogen (secondary N) is 1. The number of methoxy groups -OCH3 is 1. The second-order valence-corrected chi connectivity index (χ2v) is 3.59. The van der Waals surface area contributed by atoms with Gasteiger partial charge in [-0.05, 0) is 23.9 Å². The van der Waals surface area contributed by atoms with E-state index in [0.717, 1.165) is 25.3 Å². The van der Waals surface area contributed by atoms with Crippen molar-refractivity contribution in [3.63, 3.8) is 0 Å². The first-order chi connectivity index (χ1) is 5.83. The third-order valence-corrected chi connectivity index (χ3v) is 2.48. The first kappa shape index (κ1) is 9.71. The molecular formula is C9H14NOS. The van der Waals surface area contributed by atoms with Crippen molar-refractivity contribution < 1.29 is 4.74 Å². The quantitative estimate of drug-likeness (QED) is 0.703. The van der Waals surface area contributed by atoms with Crippen molar-refractivity contribution >= 4 is 11.3 Å². The fourth-order valence-electron chi connectivity index (χ4n) is 0.905. The number of hydrogen-bond donors (Lipinski definition) is 1. The van der Waals surface area contributed by atoms with Crippen molar-refractivity contribution in [2.75, 3.05) is 20.3 Å². The SMILES string of the molecule is [CH2]c1csc(CNCCOC)c1. The van der Waals surface area contributed by atoms with Gasteiger partial charge in [0.1, 0.15) is 0 Å². The summed E-state index contributed by atoms with van der Waals surface area (Å²) in [6.45, 7) is 6.43. The standard InChI is InChI=1S/C9H14NOS/c1-8-5-9(12-7-8)6-10-3-4-11-2/h5,7,10H,1,3-4,6H2,2H3. The Morgan fingerprint density at radius 1 is 1.67 bits per heavy atom. The summed E-state index contributed by atoms with van der Waals surface area (Å²) in [6, 6.07) is 2.10. The molecule has 0 spiro atoms. The molecule has 2 nitrogen and oxygen atoms in total. The smallest absolute Gasteiger partial charge is 0.0587 e. The van der Waals surface area contributed by atoms with Gasteiger partial charge in [0.2, 0.25) is 0 Å². The molecule has 1 radical (unpaired) electrons. The van der Waals surface area contributed by atoms with Gasteiger partial charge in [0, 0.05) is 25.1 Å². The maximum atomic E-state index is 4.91. The van der Waals surface area contributed by atoms with Crippen molar-refractivity contribution in [1.29, 1.82) is 0 Å². The average Bonchev–Trinajstić information content (AvgIpc) is 2.45. The topological polar surface area (TPSA) is 21.3 Å². The first-order valence-electron chi connectivity index (χ1n) is 3.92. The van der Waals surface area contributed by atoms with Gasteiger partial charge in [-0.15, -0.1) is 11.3 Å². The Morgan fingerprint density at radius 3 is 3.08 bits per heavy atom. The van der Waals surface area contributed by atoms with Crippen LogP contribution in [-0.4, -0.2) is 20.3 Å². The second-order valence-electron chi connectivity index (χ2n) is 2.59. The summed E-state index contributed by atoms with van der Waals surface area (Å²) in [6.07, 6.45) is 0. The number of thiophene rings is 1. The lowest BCUT2D eigenvalue weighted by atomic mass is 10.3. The van der Waals surface area contributed by atoms with Crippen LogP contribution in [0.25, 0.3) is 0 Å². The van der Waals surface area contributed by atoms with Crippen LogP contribution >= 0.6 is 11.3 Å². The minimum absolute atomic E-state index is 0.766. The Hall–Kier alpha value is -0.380. The molecule has 0 aliphatic rings. The third-order valence-electron chi connectivity index (χ3n) is 1.49. The van der Waals surface area contributed by atoms with Gasteiger partial charge in [-0.2, -0.15) is 0 Å². The summed E-state index contributed by atoms with van der Waals surface area (Å²) >= 11 is 1.74. The van der Waals surface area contributed by atoms with Crippen LogP contribution in [0.5, 0.6) is 0 Å². The monoisotopic (exact) mass is 184 g/mol. The van der Waals surface area contributed by atoms with E-state index in [1.807, 2.05) is 0 Å². The van der Waals surface area contributed by atoms with Crippen LogP contribution in [0.15, 0.2) is 11.4 Å². The Labute approximate surface area is 77.6 Å². The highest BCUT2D eigenvalue weighted by Gasteiger charge is 1.94. The summed E-state index contributed by atoms with van der Waals surface area (Å²) in [4.78, 5) is 1.33. The van der Waals surface area contributed by atoms with Gasteiger partial charge in [-0.25, -0.2) is 0 Å². The van der Waals surface area contributed by atoms with E-state index in [1.165, 1.54) is 4.88 Å². The van der Waals surface area contributed by atoms with Gasteiger partial charge < -0.3 is 10.1 Å². The van der Waals surface area contributed by atoms with Crippen LogP contribution in [0.4, 0.5) is 0 Å². The summed E-state index contributed by atoms with van der Waals surface area (Å²) in [5.74, 6) is 0. The molecule has 0 amide bonds. The second kappa shape index (κ2) is 5.30. The molecule has 0 aliphatic heterocycles. The molecule has 1 heterocycles.